The predicted molar refractivity (Wildman–Crippen MR) is 91.3 cm³/mol. The molecule has 0 aromatic heterocycles. The number of hydrogen-bond donors (Lipinski definition) is 1. The van der Waals surface area contributed by atoms with Crippen LogP contribution in [0.15, 0.2) is 18.2 Å². The zero-order valence-corrected chi connectivity index (χ0v) is 14.7. The topological polar surface area (TPSA) is 85.3 Å². The van der Waals surface area contributed by atoms with Gasteiger partial charge in [-0.15, -0.1) is 0 Å². The number of carboxylic acid groups (broad SMARTS) is 1. The van der Waals surface area contributed by atoms with Crippen LogP contribution in [0.3, 0.4) is 0 Å². The highest BCUT2D eigenvalue weighted by Crippen LogP contribution is 2.29. The lowest BCUT2D eigenvalue weighted by Gasteiger charge is -2.24. The molecule has 0 bridgehead atoms. The van der Waals surface area contributed by atoms with E-state index in [0.717, 1.165) is 19.4 Å². The lowest BCUT2D eigenvalue weighted by Crippen LogP contribution is -2.37. The number of carbonyl (C=O) groups excluding carboxylic acids is 1. The third-order valence-corrected chi connectivity index (χ3v) is 3.96. The number of carboxylic acids is 1. The molecule has 0 spiro atoms. The highest BCUT2D eigenvalue weighted by Gasteiger charge is 2.23. The molecule has 1 aliphatic heterocycles. The van der Waals surface area contributed by atoms with E-state index >= 15 is 0 Å². The fourth-order valence-corrected chi connectivity index (χ4v) is 2.74. The number of rotatable bonds is 9. The molecule has 25 heavy (non-hydrogen) atoms. The lowest BCUT2D eigenvalue weighted by molar-refractivity contribution is -0.139. The largest absolute Gasteiger partial charge is 0.490 e. The first-order chi connectivity index (χ1) is 12.0. The van der Waals surface area contributed by atoms with Crippen molar-refractivity contribution in [2.75, 3.05) is 32.9 Å². The molecule has 0 saturated carbocycles. The van der Waals surface area contributed by atoms with Gasteiger partial charge in [0.25, 0.3) is 5.91 Å². The van der Waals surface area contributed by atoms with Crippen LogP contribution >= 0.6 is 0 Å². The molecule has 1 atom stereocenters. The van der Waals surface area contributed by atoms with Crippen LogP contribution in [0.2, 0.25) is 0 Å². The van der Waals surface area contributed by atoms with Crippen molar-refractivity contribution in [3.05, 3.63) is 23.8 Å². The van der Waals surface area contributed by atoms with Crippen LogP contribution < -0.4 is 9.47 Å². The summed E-state index contributed by atoms with van der Waals surface area (Å²) in [5.41, 5.74) is 0.478. The van der Waals surface area contributed by atoms with Gasteiger partial charge in [-0.3, -0.25) is 4.79 Å². The quantitative estimate of drug-likeness (QED) is 0.734. The smallest absolute Gasteiger partial charge is 0.341 e. The van der Waals surface area contributed by atoms with E-state index in [1.807, 2.05) is 13.8 Å². The zero-order valence-electron chi connectivity index (χ0n) is 14.7. The van der Waals surface area contributed by atoms with Gasteiger partial charge < -0.3 is 24.2 Å². The van der Waals surface area contributed by atoms with E-state index < -0.39 is 12.6 Å². The summed E-state index contributed by atoms with van der Waals surface area (Å²) in [6.07, 6.45) is 2.09. The van der Waals surface area contributed by atoms with E-state index in [9.17, 15) is 9.59 Å². The van der Waals surface area contributed by atoms with Crippen LogP contribution in [-0.2, 0) is 9.53 Å². The first-order valence-electron chi connectivity index (χ1n) is 8.57. The summed E-state index contributed by atoms with van der Waals surface area (Å²) >= 11 is 0. The Morgan fingerprint density at radius 2 is 2.08 bits per heavy atom. The van der Waals surface area contributed by atoms with Gasteiger partial charge in [0, 0.05) is 25.3 Å². The van der Waals surface area contributed by atoms with Crippen molar-refractivity contribution in [3.8, 4) is 11.5 Å². The fraction of sp³-hybridized carbons (Fsp3) is 0.556. The average Bonchev–Trinajstić information content (AvgIpc) is 3.11. The van der Waals surface area contributed by atoms with Gasteiger partial charge >= 0.3 is 5.97 Å². The Labute approximate surface area is 147 Å². The summed E-state index contributed by atoms with van der Waals surface area (Å²) in [6.45, 7) is 5.56. The summed E-state index contributed by atoms with van der Waals surface area (Å²) < 4.78 is 16.3. The Morgan fingerprint density at radius 1 is 1.28 bits per heavy atom. The fourth-order valence-electron chi connectivity index (χ4n) is 2.74. The molecule has 1 N–H and O–H groups in total. The molecule has 0 aliphatic carbocycles. The molecule has 2 rings (SSSR count). The summed E-state index contributed by atoms with van der Waals surface area (Å²) in [4.78, 5) is 25.2. The van der Waals surface area contributed by atoms with E-state index in [1.165, 1.54) is 0 Å². The number of amides is 1. The Hall–Kier alpha value is -2.28. The van der Waals surface area contributed by atoms with Crippen LogP contribution in [0.4, 0.5) is 0 Å². The second kappa shape index (κ2) is 9.27. The Morgan fingerprint density at radius 3 is 2.68 bits per heavy atom. The second-order valence-electron chi connectivity index (χ2n) is 5.76. The molecule has 1 aromatic rings. The van der Waals surface area contributed by atoms with Crippen molar-refractivity contribution in [1.82, 2.24) is 4.90 Å². The van der Waals surface area contributed by atoms with Crippen molar-refractivity contribution in [3.63, 3.8) is 0 Å². The van der Waals surface area contributed by atoms with Crippen LogP contribution in [-0.4, -0.2) is 60.9 Å². The third-order valence-electron chi connectivity index (χ3n) is 3.96. The summed E-state index contributed by atoms with van der Waals surface area (Å²) in [7, 11) is 0. The molecule has 1 heterocycles. The van der Waals surface area contributed by atoms with E-state index in [0.29, 0.717) is 36.8 Å². The molecular formula is C18H25NO6. The maximum atomic E-state index is 12.8. The van der Waals surface area contributed by atoms with Crippen LogP contribution in [0.25, 0.3) is 0 Å². The van der Waals surface area contributed by atoms with Gasteiger partial charge in [0.1, 0.15) is 0 Å². The van der Waals surface area contributed by atoms with Crippen LogP contribution in [0.1, 0.15) is 37.0 Å². The molecular weight excluding hydrogens is 326 g/mol. The first kappa shape index (κ1) is 19.1. The Bertz CT molecular complexity index is 597. The van der Waals surface area contributed by atoms with Crippen molar-refractivity contribution >= 4 is 11.9 Å². The zero-order chi connectivity index (χ0) is 18.2. The monoisotopic (exact) mass is 351 g/mol. The van der Waals surface area contributed by atoms with E-state index in [-0.39, 0.29) is 12.0 Å². The minimum absolute atomic E-state index is 0.0911. The number of hydrogen-bond acceptors (Lipinski definition) is 5. The molecule has 1 unspecified atom stereocenters. The molecule has 7 heteroatoms. The maximum Gasteiger partial charge on any atom is 0.341 e. The number of carbonyl (C=O) groups is 2. The number of aliphatic carboxylic acids is 1. The normalized spacial score (nSPS) is 16.5. The average molecular weight is 351 g/mol. The second-order valence-corrected chi connectivity index (χ2v) is 5.76. The van der Waals surface area contributed by atoms with E-state index in [1.54, 1.807) is 23.1 Å². The Kier molecular flexibility index (Phi) is 7.06. The lowest BCUT2D eigenvalue weighted by atomic mass is 10.1. The standard InChI is InChI=1S/C18H25NO6/c1-3-19(11-14-6-5-9-24-14)18(22)13-7-8-15(25-12-17(20)21)16(10-13)23-4-2/h7-8,10,14H,3-6,9,11-12H2,1-2H3,(H,20,21). The van der Waals surface area contributed by atoms with Crippen LogP contribution in [0.5, 0.6) is 11.5 Å². The number of ether oxygens (including phenoxy) is 3. The molecule has 1 fully saturated rings. The van der Waals surface area contributed by atoms with Crippen molar-refractivity contribution in [2.45, 2.75) is 32.8 Å². The number of likely N-dealkylation sites (N-methyl/N-ethyl adjacent to an activating group) is 1. The summed E-state index contributed by atoms with van der Waals surface area (Å²) in [6, 6.07) is 4.79. The van der Waals surface area contributed by atoms with Gasteiger partial charge in [0.2, 0.25) is 0 Å². The Balaban J connectivity index is 2.13. The number of benzene rings is 1. The van der Waals surface area contributed by atoms with Gasteiger partial charge in [-0.2, -0.15) is 0 Å². The van der Waals surface area contributed by atoms with E-state index in [4.69, 9.17) is 19.3 Å². The molecule has 0 radical (unpaired) electrons. The minimum Gasteiger partial charge on any atom is -0.490 e. The summed E-state index contributed by atoms with van der Waals surface area (Å²) in [5, 5.41) is 8.74. The first-order valence-corrected chi connectivity index (χ1v) is 8.57. The molecule has 1 saturated heterocycles. The molecule has 7 nitrogen and oxygen atoms in total. The van der Waals surface area contributed by atoms with Crippen molar-refractivity contribution in [2.24, 2.45) is 0 Å². The predicted octanol–water partition coefficient (Wildman–Crippen LogP) is 2.19. The SMILES string of the molecule is CCOc1cc(C(=O)N(CC)CC2CCCO2)ccc1OCC(=O)O. The third kappa shape index (κ3) is 5.35. The highest BCUT2D eigenvalue weighted by atomic mass is 16.5. The summed E-state index contributed by atoms with van der Waals surface area (Å²) in [5.74, 6) is -0.509. The van der Waals surface area contributed by atoms with Gasteiger partial charge in [0.05, 0.1) is 12.7 Å². The van der Waals surface area contributed by atoms with Crippen molar-refractivity contribution in [1.29, 1.82) is 0 Å². The molecule has 1 aliphatic rings. The van der Waals surface area contributed by atoms with Gasteiger partial charge in [-0.1, -0.05) is 0 Å². The van der Waals surface area contributed by atoms with Gasteiger partial charge in [-0.25, -0.2) is 4.79 Å². The maximum absolute atomic E-state index is 12.8. The molecule has 1 amide bonds. The number of nitrogens with zero attached hydrogens (tertiary/aromatic N) is 1. The molecule has 138 valence electrons. The minimum atomic E-state index is -1.07. The van der Waals surface area contributed by atoms with Gasteiger partial charge in [0.15, 0.2) is 18.1 Å². The van der Waals surface area contributed by atoms with Crippen LogP contribution in [0, 0.1) is 0 Å². The highest BCUT2D eigenvalue weighted by molar-refractivity contribution is 5.95. The molecule has 1 aromatic carbocycles. The van der Waals surface area contributed by atoms with E-state index in [2.05, 4.69) is 0 Å². The van der Waals surface area contributed by atoms with Gasteiger partial charge in [-0.05, 0) is 44.9 Å². The van der Waals surface area contributed by atoms with Crippen molar-refractivity contribution < 1.29 is 28.9 Å².